The highest BCUT2D eigenvalue weighted by molar-refractivity contribution is 5.95. The minimum atomic E-state index is -0.0915. The maximum Gasteiger partial charge on any atom is 0.241 e. The second kappa shape index (κ2) is 7.41. The monoisotopic (exact) mass is 286 g/mol. The molecule has 6 nitrogen and oxygen atoms in total. The molecule has 2 rings (SSSR count). The zero-order valence-corrected chi connectivity index (χ0v) is 11.8. The molecule has 0 saturated carbocycles. The lowest BCUT2D eigenvalue weighted by atomic mass is 10.2. The molecule has 0 atom stereocenters. The quantitative estimate of drug-likeness (QED) is 0.848. The lowest BCUT2D eigenvalue weighted by Crippen LogP contribution is -2.51. The summed E-state index contributed by atoms with van der Waals surface area (Å²) >= 11 is 0. The van der Waals surface area contributed by atoms with Gasteiger partial charge in [0.25, 0.3) is 0 Å². The third-order valence-electron chi connectivity index (χ3n) is 3.29. The van der Waals surface area contributed by atoms with E-state index in [0.717, 1.165) is 5.69 Å². The number of benzene rings is 1. The predicted octanol–water partition coefficient (Wildman–Crippen LogP) is 0.365. The van der Waals surface area contributed by atoms with Crippen molar-refractivity contribution in [2.75, 3.05) is 37.6 Å². The molecule has 1 N–H and O–H groups in total. The molecule has 0 spiro atoms. The van der Waals surface area contributed by atoms with Crippen molar-refractivity contribution in [2.45, 2.75) is 6.42 Å². The Morgan fingerprint density at radius 1 is 1.38 bits per heavy atom. The number of carbonyl (C=O) groups is 2. The summed E-state index contributed by atoms with van der Waals surface area (Å²) in [7, 11) is 0. The van der Waals surface area contributed by atoms with Gasteiger partial charge in [0.1, 0.15) is 0 Å². The van der Waals surface area contributed by atoms with E-state index in [1.54, 1.807) is 4.90 Å². The molecule has 0 unspecified atom stereocenters. The fourth-order valence-electron chi connectivity index (χ4n) is 2.27. The van der Waals surface area contributed by atoms with Crippen LogP contribution in [0.4, 0.5) is 5.69 Å². The molecule has 21 heavy (non-hydrogen) atoms. The van der Waals surface area contributed by atoms with Crippen molar-refractivity contribution in [2.24, 2.45) is 0 Å². The minimum Gasteiger partial charge on any atom is -0.354 e. The van der Waals surface area contributed by atoms with Gasteiger partial charge in [0.05, 0.1) is 25.6 Å². The molecule has 0 radical (unpaired) electrons. The van der Waals surface area contributed by atoms with Gasteiger partial charge in [-0.05, 0) is 12.1 Å². The van der Waals surface area contributed by atoms with Gasteiger partial charge in [-0.1, -0.05) is 18.2 Å². The first-order valence-electron chi connectivity index (χ1n) is 6.92. The van der Waals surface area contributed by atoms with Crippen molar-refractivity contribution in [3.8, 4) is 6.07 Å². The van der Waals surface area contributed by atoms with Crippen LogP contribution in [0.15, 0.2) is 30.3 Å². The molecule has 1 fully saturated rings. The molecule has 1 aliphatic rings. The largest absolute Gasteiger partial charge is 0.354 e. The van der Waals surface area contributed by atoms with Gasteiger partial charge in [-0.3, -0.25) is 14.5 Å². The molecule has 1 aromatic rings. The Morgan fingerprint density at radius 2 is 2.14 bits per heavy atom. The van der Waals surface area contributed by atoms with Crippen molar-refractivity contribution in [1.82, 2.24) is 10.2 Å². The molecule has 0 bridgehead atoms. The first-order valence-corrected chi connectivity index (χ1v) is 6.92. The zero-order valence-electron chi connectivity index (χ0n) is 11.8. The Bertz CT molecular complexity index is 538. The van der Waals surface area contributed by atoms with Gasteiger partial charge in [0.15, 0.2) is 0 Å². The van der Waals surface area contributed by atoms with Gasteiger partial charge < -0.3 is 10.2 Å². The standard InChI is InChI=1S/C15H18N4O2/c16-7-4-9-19(13-5-2-1-3-6-13)15(21)12-18-10-8-17-14(20)11-18/h1-3,5-6H,4,8-12H2,(H,17,20). The van der Waals surface area contributed by atoms with E-state index >= 15 is 0 Å². The molecule has 1 aromatic carbocycles. The summed E-state index contributed by atoms with van der Waals surface area (Å²) in [4.78, 5) is 27.2. The number of hydrogen-bond acceptors (Lipinski definition) is 4. The van der Waals surface area contributed by atoms with Crippen LogP contribution in [0.1, 0.15) is 6.42 Å². The molecule has 6 heteroatoms. The number of nitrogens with zero attached hydrogens (tertiary/aromatic N) is 3. The fraction of sp³-hybridized carbons (Fsp3) is 0.400. The van der Waals surface area contributed by atoms with Crippen molar-refractivity contribution >= 4 is 17.5 Å². The summed E-state index contributed by atoms with van der Waals surface area (Å²) in [6, 6.07) is 11.3. The number of nitriles is 1. The second-order valence-electron chi connectivity index (χ2n) is 4.85. The average Bonchev–Trinajstić information content (AvgIpc) is 2.49. The molecular weight excluding hydrogens is 268 g/mol. The maximum absolute atomic E-state index is 12.5. The number of nitrogens with one attached hydrogen (secondary N) is 1. The van der Waals surface area contributed by atoms with Crippen molar-refractivity contribution in [3.05, 3.63) is 30.3 Å². The number of para-hydroxylation sites is 1. The Hall–Kier alpha value is -2.39. The van der Waals surface area contributed by atoms with E-state index in [1.165, 1.54) is 0 Å². The van der Waals surface area contributed by atoms with Crippen LogP contribution in [0.25, 0.3) is 0 Å². The second-order valence-corrected chi connectivity index (χ2v) is 4.85. The number of amides is 2. The van der Waals surface area contributed by atoms with Crippen molar-refractivity contribution in [3.63, 3.8) is 0 Å². The highest BCUT2D eigenvalue weighted by atomic mass is 16.2. The summed E-state index contributed by atoms with van der Waals surface area (Å²) in [6.45, 7) is 2.02. The normalized spacial score (nSPS) is 15.1. The lowest BCUT2D eigenvalue weighted by molar-refractivity contribution is -0.126. The molecule has 0 aromatic heterocycles. The van der Waals surface area contributed by atoms with Crippen LogP contribution in [0.5, 0.6) is 0 Å². The van der Waals surface area contributed by atoms with Gasteiger partial charge >= 0.3 is 0 Å². The van der Waals surface area contributed by atoms with E-state index < -0.39 is 0 Å². The van der Waals surface area contributed by atoms with Gasteiger partial charge in [0, 0.05) is 25.3 Å². The Kier molecular flexibility index (Phi) is 5.29. The maximum atomic E-state index is 12.5. The Morgan fingerprint density at radius 3 is 2.81 bits per heavy atom. The average molecular weight is 286 g/mol. The molecule has 110 valence electrons. The molecular formula is C15H18N4O2. The molecule has 1 heterocycles. The van der Waals surface area contributed by atoms with Gasteiger partial charge in [-0.25, -0.2) is 0 Å². The molecule has 1 aliphatic heterocycles. The van der Waals surface area contributed by atoms with Crippen LogP contribution in [0.3, 0.4) is 0 Å². The first kappa shape index (κ1) is 15.0. The van der Waals surface area contributed by atoms with Crippen molar-refractivity contribution in [1.29, 1.82) is 5.26 Å². The lowest BCUT2D eigenvalue weighted by Gasteiger charge is -2.29. The summed E-state index contributed by atoms with van der Waals surface area (Å²) in [5.74, 6) is -0.150. The predicted molar refractivity (Wildman–Crippen MR) is 78.5 cm³/mol. The van der Waals surface area contributed by atoms with E-state index in [4.69, 9.17) is 5.26 Å². The third-order valence-corrected chi connectivity index (χ3v) is 3.29. The Balaban J connectivity index is 2.04. The number of piperazine rings is 1. The summed E-state index contributed by atoms with van der Waals surface area (Å²) in [5.41, 5.74) is 0.777. The molecule has 2 amide bonds. The van der Waals surface area contributed by atoms with Crippen LogP contribution in [0.2, 0.25) is 0 Å². The minimum absolute atomic E-state index is 0.0580. The van der Waals surface area contributed by atoms with E-state index in [-0.39, 0.29) is 31.3 Å². The number of anilines is 1. The van der Waals surface area contributed by atoms with Gasteiger partial charge in [-0.15, -0.1) is 0 Å². The van der Waals surface area contributed by atoms with Gasteiger partial charge in [-0.2, -0.15) is 5.26 Å². The molecule has 1 saturated heterocycles. The summed E-state index contributed by atoms with van der Waals surface area (Å²) in [5, 5.41) is 11.5. The SMILES string of the molecule is N#CCCN(C(=O)CN1CCNC(=O)C1)c1ccccc1. The van der Waals surface area contributed by atoms with E-state index in [2.05, 4.69) is 11.4 Å². The van der Waals surface area contributed by atoms with Crippen molar-refractivity contribution < 1.29 is 9.59 Å². The number of carbonyl (C=O) groups excluding carboxylic acids is 2. The van der Waals surface area contributed by atoms with E-state index in [1.807, 2.05) is 35.2 Å². The van der Waals surface area contributed by atoms with E-state index in [0.29, 0.717) is 19.6 Å². The summed E-state index contributed by atoms with van der Waals surface area (Å²) < 4.78 is 0. The third kappa shape index (κ3) is 4.29. The first-order chi connectivity index (χ1) is 10.2. The summed E-state index contributed by atoms with van der Waals surface area (Å²) in [6.07, 6.45) is 0.279. The van der Waals surface area contributed by atoms with Crippen LogP contribution in [-0.4, -0.2) is 49.4 Å². The molecule has 0 aliphatic carbocycles. The highest BCUT2D eigenvalue weighted by Crippen LogP contribution is 2.14. The van der Waals surface area contributed by atoms with E-state index in [9.17, 15) is 9.59 Å². The van der Waals surface area contributed by atoms with Crippen LogP contribution >= 0.6 is 0 Å². The topological polar surface area (TPSA) is 76.4 Å². The fourth-order valence-corrected chi connectivity index (χ4v) is 2.27. The van der Waals surface area contributed by atoms with Crippen LogP contribution in [-0.2, 0) is 9.59 Å². The number of rotatable bonds is 5. The smallest absolute Gasteiger partial charge is 0.241 e. The van der Waals surface area contributed by atoms with Crippen LogP contribution < -0.4 is 10.2 Å². The zero-order chi connectivity index (χ0) is 15.1. The highest BCUT2D eigenvalue weighted by Gasteiger charge is 2.22. The number of hydrogen-bond donors (Lipinski definition) is 1. The Labute approximate surface area is 123 Å². The van der Waals surface area contributed by atoms with Crippen LogP contribution in [0, 0.1) is 11.3 Å². The van der Waals surface area contributed by atoms with Gasteiger partial charge in [0.2, 0.25) is 11.8 Å².